The molecule has 0 aliphatic rings. The second-order valence-electron chi connectivity index (χ2n) is 5.39. The molecule has 0 spiro atoms. The van der Waals surface area contributed by atoms with Crippen LogP contribution >= 0.6 is 15.9 Å². The lowest BCUT2D eigenvalue weighted by Crippen LogP contribution is -2.17. The van der Waals surface area contributed by atoms with E-state index >= 15 is 0 Å². The van der Waals surface area contributed by atoms with E-state index in [-0.39, 0.29) is 5.56 Å². The van der Waals surface area contributed by atoms with Crippen molar-refractivity contribution in [2.24, 2.45) is 0 Å². The van der Waals surface area contributed by atoms with Crippen molar-refractivity contribution >= 4 is 27.7 Å². The first-order chi connectivity index (χ1) is 11.5. The highest BCUT2D eigenvalue weighted by Crippen LogP contribution is 2.18. The van der Waals surface area contributed by atoms with Gasteiger partial charge >= 0.3 is 0 Å². The van der Waals surface area contributed by atoms with Gasteiger partial charge in [-0.05, 0) is 30.7 Å². The standard InChI is InChI=1S/C18H15BrFN3O/c1-12-9-17(23(22-12)11-13-5-3-2-4-6-13)21-18(24)15-8-7-14(19)10-16(15)20/h2-10H,11H2,1H3,(H,21,24). The minimum atomic E-state index is -0.576. The van der Waals surface area contributed by atoms with E-state index in [2.05, 4.69) is 26.3 Å². The van der Waals surface area contributed by atoms with Crippen LogP contribution in [-0.4, -0.2) is 15.7 Å². The van der Waals surface area contributed by atoms with Crippen molar-refractivity contribution in [1.29, 1.82) is 0 Å². The second-order valence-corrected chi connectivity index (χ2v) is 6.31. The number of rotatable bonds is 4. The lowest BCUT2D eigenvalue weighted by atomic mass is 10.2. The van der Waals surface area contributed by atoms with E-state index in [4.69, 9.17) is 0 Å². The molecule has 2 aromatic carbocycles. The smallest absolute Gasteiger partial charge is 0.259 e. The number of hydrogen-bond donors (Lipinski definition) is 1. The number of anilines is 1. The van der Waals surface area contributed by atoms with Gasteiger partial charge in [-0.3, -0.25) is 4.79 Å². The van der Waals surface area contributed by atoms with Crippen LogP contribution in [0.4, 0.5) is 10.2 Å². The van der Waals surface area contributed by atoms with E-state index in [1.165, 1.54) is 12.1 Å². The van der Waals surface area contributed by atoms with Crippen molar-refractivity contribution in [1.82, 2.24) is 9.78 Å². The van der Waals surface area contributed by atoms with Gasteiger partial charge in [-0.25, -0.2) is 9.07 Å². The average molecular weight is 388 g/mol. The average Bonchev–Trinajstić information content (AvgIpc) is 2.87. The Hall–Kier alpha value is -2.47. The third-order valence-corrected chi connectivity index (χ3v) is 3.99. The predicted octanol–water partition coefficient (Wildman–Crippen LogP) is 4.39. The Balaban J connectivity index is 1.83. The van der Waals surface area contributed by atoms with Crippen molar-refractivity contribution in [3.05, 3.63) is 81.7 Å². The van der Waals surface area contributed by atoms with E-state index in [1.807, 2.05) is 37.3 Å². The summed E-state index contributed by atoms with van der Waals surface area (Å²) in [5, 5.41) is 7.12. The van der Waals surface area contributed by atoms with Crippen LogP contribution in [0.25, 0.3) is 0 Å². The SMILES string of the molecule is Cc1cc(NC(=O)c2ccc(Br)cc2F)n(Cc2ccccc2)n1. The topological polar surface area (TPSA) is 46.9 Å². The van der Waals surface area contributed by atoms with E-state index in [0.29, 0.717) is 16.8 Å². The van der Waals surface area contributed by atoms with Crippen LogP contribution in [0.3, 0.4) is 0 Å². The van der Waals surface area contributed by atoms with Gasteiger partial charge in [0, 0.05) is 10.5 Å². The molecular weight excluding hydrogens is 373 g/mol. The highest BCUT2D eigenvalue weighted by molar-refractivity contribution is 9.10. The van der Waals surface area contributed by atoms with Crippen molar-refractivity contribution < 1.29 is 9.18 Å². The molecule has 1 heterocycles. The molecule has 0 atom stereocenters. The quantitative estimate of drug-likeness (QED) is 0.721. The molecule has 3 aromatic rings. The number of hydrogen-bond acceptors (Lipinski definition) is 2. The number of halogens is 2. The molecule has 0 unspecified atom stereocenters. The van der Waals surface area contributed by atoms with Gasteiger partial charge in [0.25, 0.3) is 5.91 Å². The van der Waals surface area contributed by atoms with Crippen LogP contribution in [-0.2, 0) is 6.54 Å². The number of aromatic nitrogens is 2. The molecule has 1 aromatic heterocycles. The molecule has 0 radical (unpaired) electrons. The summed E-state index contributed by atoms with van der Waals surface area (Å²) in [5.74, 6) is -0.550. The largest absolute Gasteiger partial charge is 0.307 e. The fraction of sp³-hybridized carbons (Fsp3) is 0.111. The lowest BCUT2D eigenvalue weighted by molar-refractivity contribution is 0.102. The summed E-state index contributed by atoms with van der Waals surface area (Å²) < 4.78 is 16.2. The Morgan fingerprint density at radius 2 is 1.96 bits per heavy atom. The summed E-state index contributed by atoms with van der Waals surface area (Å²) in [5.41, 5.74) is 1.83. The Bertz CT molecular complexity index is 877. The number of carbonyl (C=O) groups is 1. The maximum Gasteiger partial charge on any atom is 0.259 e. The zero-order valence-corrected chi connectivity index (χ0v) is 14.5. The Morgan fingerprint density at radius 1 is 1.21 bits per heavy atom. The molecule has 1 N–H and O–H groups in total. The van der Waals surface area contributed by atoms with Crippen molar-refractivity contribution in [3.8, 4) is 0 Å². The summed E-state index contributed by atoms with van der Waals surface area (Å²) >= 11 is 3.18. The van der Waals surface area contributed by atoms with Gasteiger partial charge in [0.2, 0.25) is 0 Å². The third kappa shape index (κ3) is 3.71. The molecule has 0 fully saturated rings. The maximum absolute atomic E-state index is 13.9. The van der Waals surface area contributed by atoms with E-state index < -0.39 is 11.7 Å². The first kappa shape index (κ1) is 16.4. The molecule has 0 bridgehead atoms. The van der Waals surface area contributed by atoms with Gasteiger partial charge in [0.05, 0.1) is 17.8 Å². The zero-order chi connectivity index (χ0) is 17.1. The van der Waals surface area contributed by atoms with Gasteiger partial charge < -0.3 is 5.32 Å². The Labute approximate surface area is 147 Å². The van der Waals surface area contributed by atoms with Crippen molar-refractivity contribution in [2.45, 2.75) is 13.5 Å². The number of benzene rings is 2. The minimum absolute atomic E-state index is 0.0108. The molecule has 0 aliphatic carbocycles. The molecule has 122 valence electrons. The van der Waals surface area contributed by atoms with Crippen LogP contribution in [0.1, 0.15) is 21.6 Å². The van der Waals surface area contributed by atoms with Crippen LogP contribution in [0.2, 0.25) is 0 Å². The van der Waals surface area contributed by atoms with Gasteiger partial charge in [0.1, 0.15) is 11.6 Å². The Morgan fingerprint density at radius 3 is 2.67 bits per heavy atom. The number of amides is 1. The molecule has 3 rings (SSSR count). The molecular formula is C18H15BrFN3O. The lowest BCUT2D eigenvalue weighted by Gasteiger charge is -2.10. The second kappa shape index (κ2) is 6.97. The van der Waals surface area contributed by atoms with Crippen molar-refractivity contribution in [3.63, 3.8) is 0 Å². The van der Waals surface area contributed by atoms with E-state index in [1.54, 1.807) is 16.8 Å². The maximum atomic E-state index is 13.9. The predicted molar refractivity (Wildman–Crippen MR) is 94.6 cm³/mol. The summed E-state index contributed by atoms with van der Waals surface area (Å²) in [6.07, 6.45) is 0. The fourth-order valence-electron chi connectivity index (χ4n) is 2.38. The highest BCUT2D eigenvalue weighted by atomic mass is 79.9. The van der Waals surface area contributed by atoms with Crippen LogP contribution in [0.15, 0.2) is 59.1 Å². The number of carbonyl (C=O) groups excluding carboxylic acids is 1. The van der Waals surface area contributed by atoms with Gasteiger partial charge in [-0.1, -0.05) is 46.3 Å². The summed E-state index contributed by atoms with van der Waals surface area (Å²) in [6.45, 7) is 2.37. The number of nitrogens with zero attached hydrogens (tertiary/aromatic N) is 2. The van der Waals surface area contributed by atoms with Crippen LogP contribution in [0, 0.1) is 12.7 Å². The Kier molecular flexibility index (Phi) is 4.76. The van der Waals surface area contributed by atoms with Gasteiger partial charge in [-0.15, -0.1) is 0 Å². The van der Waals surface area contributed by atoms with Crippen LogP contribution in [0.5, 0.6) is 0 Å². The molecule has 0 aliphatic heterocycles. The number of aryl methyl sites for hydroxylation is 1. The first-order valence-electron chi connectivity index (χ1n) is 7.38. The molecule has 6 heteroatoms. The normalized spacial score (nSPS) is 10.6. The zero-order valence-electron chi connectivity index (χ0n) is 13.0. The first-order valence-corrected chi connectivity index (χ1v) is 8.17. The minimum Gasteiger partial charge on any atom is -0.307 e. The van der Waals surface area contributed by atoms with Crippen LogP contribution < -0.4 is 5.32 Å². The third-order valence-electron chi connectivity index (χ3n) is 3.49. The highest BCUT2D eigenvalue weighted by Gasteiger charge is 2.15. The van der Waals surface area contributed by atoms with E-state index in [0.717, 1.165) is 11.3 Å². The molecule has 0 saturated carbocycles. The van der Waals surface area contributed by atoms with Gasteiger partial charge in [-0.2, -0.15) is 5.10 Å². The molecule has 0 saturated heterocycles. The monoisotopic (exact) mass is 387 g/mol. The van der Waals surface area contributed by atoms with E-state index in [9.17, 15) is 9.18 Å². The number of nitrogens with one attached hydrogen (secondary N) is 1. The summed E-state index contributed by atoms with van der Waals surface area (Å²) in [6, 6.07) is 15.9. The van der Waals surface area contributed by atoms with Crippen molar-refractivity contribution in [2.75, 3.05) is 5.32 Å². The fourth-order valence-corrected chi connectivity index (χ4v) is 2.71. The molecule has 4 nitrogen and oxygen atoms in total. The molecule has 24 heavy (non-hydrogen) atoms. The summed E-state index contributed by atoms with van der Waals surface area (Å²) in [7, 11) is 0. The summed E-state index contributed by atoms with van der Waals surface area (Å²) in [4.78, 5) is 12.4. The van der Waals surface area contributed by atoms with Gasteiger partial charge in [0.15, 0.2) is 0 Å². The molecule has 1 amide bonds.